The van der Waals surface area contributed by atoms with Crippen molar-refractivity contribution in [2.24, 2.45) is 5.92 Å². The molecule has 0 aliphatic carbocycles. The number of anilines is 1. The number of halogens is 2. The first-order valence-corrected chi connectivity index (χ1v) is 6.62. The van der Waals surface area contributed by atoms with Gasteiger partial charge in [0.25, 0.3) is 5.69 Å². The van der Waals surface area contributed by atoms with Crippen LogP contribution in [0.4, 0.5) is 11.4 Å². The van der Waals surface area contributed by atoms with Gasteiger partial charge >= 0.3 is 0 Å². The van der Waals surface area contributed by atoms with E-state index in [9.17, 15) is 14.9 Å². The largest absolute Gasteiger partial charge is 0.366 e. The van der Waals surface area contributed by atoms with Gasteiger partial charge in [0.1, 0.15) is 12.0 Å². The zero-order valence-electron chi connectivity index (χ0n) is 10.0. The monoisotopic (exact) mass is 302 g/mol. The second kappa shape index (κ2) is 5.75. The Morgan fingerprint density at radius 2 is 1.84 bits per heavy atom. The van der Waals surface area contributed by atoms with Gasteiger partial charge in [-0.2, -0.15) is 0 Å². The van der Waals surface area contributed by atoms with Gasteiger partial charge in [-0.15, -0.1) is 0 Å². The molecule has 1 fully saturated rings. The van der Waals surface area contributed by atoms with Crippen molar-refractivity contribution in [1.29, 1.82) is 0 Å². The molecule has 0 N–H and O–H groups in total. The highest BCUT2D eigenvalue weighted by molar-refractivity contribution is 6.42. The van der Waals surface area contributed by atoms with Crippen LogP contribution in [0.2, 0.25) is 10.0 Å². The molecular formula is C12H12Cl2N2O3. The smallest absolute Gasteiger partial charge is 0.294 e. The molecule has 2 rings (SSSR count). The molecule has 0 amide bonds. The predicted molar refractivity (Wildman–Crippen MR) is 74.1 cm³/mol. The second-order valence-corrected chi connectivity index (χ2v) is 5.29. The summed E-state index contributed by atoms with van der Waals surface area (Å²) in [5, 5.41) is 11.5. The number of nitro benzene ring substituents is 1. The average molecular weight is 303 g/mol. The quantitative estimate of drug-likeness (QED) is 0.488. The Balaban J connectivity index is 2.31. The van der Waals surface area contributed by atoms with E-state index < -0.39 is 4.92 Å². The van der Waals surface area contributed by atoms with Gasteiger partial charge in [0.15, 0.2) is 0 Å². The molecule has 5 nitrogen and oxygen atoms in total. The number of carbonyl (C=O) groups is 1. The first kappa shape index (κ1) is 14.1. The van der Waals surface area contributed by atoms with Crippen LogP contribution in [0.5, 0.6) is 0 Å². The fraction of sp³-hybridized carbons (Fsp3) is 0.417. The summed E-state index contributed by atoms with van der Waals surface area (Å²) in [6, 6.07) is 2.79. The molecule has 1 saturated heterocycles. The van der Waals surface area contributed by atoms with Crippen molar-refractivity contribution in [3.05, 3.63) is 32.3 Å². The van der Waals surface area contributed by atoms with E-state index in [-0.39, 0.29) is 16.6 Å². The molecule has 0 bridgehead atoms. The summed E-state index contributed by atoms with van der Waals surface area (Å²) in [5.74, 6) is 0.0399. The molecule has 0 atom stereocenters. The number of rotatable bonds is 3. The Kier molecular flexibility index (Phi) is 4.27. The molecule has 0 unspecified atom stereocenters. The molecule has 0 saturated carbocycles. The van der Waals surface area contributed by atoms with Crippen LogP contribution in [0.1, 0.15) is 12.8 Å². The molecule has 1 aromatic rings. The summed E-state index contributed by atoms with van der Waals surface area (Å²) in [5.41, 5.74) is 0.405. The summed E-state index contributed by atoms with van der Waals surface area (Å²) >= 11 is 11.7. The van der Waals surface area contributed by atoms with Crippen LogP contribution in [0, 0.1) is 16.0 Å². The van der Waals surface area contributed by atoms with E-state index >= 15 is 0 Å². The van der Waals surface area contributed by atoms with E-state index in [2.05, 4.69) is 0 Å². The van der Waals surface area contributed by atoms with E-state index in [1.54, 1.807) is 0 Å². The van der Waals surface area contributed by atoms with Gasteiger partial charge in [-0.05, 0) is 18.9 Å². The minimum atomic E-state index is -0.469. The van der Waals surface area contributed by atoms with Crippen LogP contribution < -0.4 is 4.90 Å². The standard InChI is InChI=1S/C12H12Cl2N2O3/c13-9-5-11(12(16(18)19)6-10(9)14)15-3-1-8(7-17)2-4-15/h5-8H,1-4H2. The zero-order valence-corrected chi connectivity index (χ0v) is 11.5. The molecule has 19 heavy (non-hydrogen) atoms. The van der Waals surface area contributed by atoms with Gasteiger partial charge < -0.3 is 9.69 Å². The van der Waals surface area contributed by atoms with Gasteiger partial charge in [0.2, 0.25) is 0 Å². The average Bonchev–Trinajstić information content (AvgIpc) is 2.41. The molecule has 1 aromatic carbocycles. The van der Waals surface area contributed by atoms with Gasteiger partial charge in [-0.25, -0.2) is 0 Å². The summed E-state index contributed by atoms with van der Waals surface area (Å²) in [6.07, 6.45) is 2.34. The summed E-state index contributed by atoms with van der Waals surface area (Å²) < 4.78 is 0. The number of carbonyl (C=O) groups excluding carboxylic acids is 1. The maximum Gasteiger partial charge on any atom is 0.294 e. The van der Waals surface area contributed by atoms with E-state index in [0.29, 0.717) is 36.6 Å². The fourth-order valence-electron chi connectivity index (χ4n) is 2.20. The lowest BCUT2D eigenvalue weighted by Gasteiger charge is -2.31. The van der Waals surface area contributed by atoms with Crippen molar-refractivity contribution < 1.29 is 9.72 Å². The van der Waals surface area contributed by atoms with Crippen LogP contribution in [-0.4, -0.2) is 24.3 Å². The predicted octanol–water partition coefficient (Wildman–Crippen LogP) is 3.32. The SMILES string of the molecule is O=CC1CCN(c2cc(Cl)c(Cl)cc2[N+](=O)[O-])CC1. The number of hydrogen-bond donors (Lipinski definition) is 0. The highest BCUT2D eigenvalue weighted by Gasteiger charge is 2.25. The van der Waals surface area contributed by atoms with Crippen molar-refractivity contribution in [2.45, 2.75) is 12.8 Å². The first-order chi connectivity index (χ1) is 9.02. The Morgan fingerprint density at radius 3 is 2.37 bits per heavy atom. The number of piperidine rings is 1. The first-order valence-electron chi connectivity index (χ1n) is 5.86. The Morgan fingerprint density at radius 1 is 1.26 bits per heavy atom. The van der Waals surface area contributed by atoms with Gasteiger partial charge in [0, 0.05) is 25.1 Å². The highest BCUT2D eigenvalue weighted by atomic mass is 35.5. The van der Waals surface area contributed by atoms with Gasteiger partial charge in [-0.3, -0.25) is 10.1 Å². The van der Waals surface area contributed by atoms with E-state index in [0.717, 1.165) is 6.29 Å². The van der Waals surface area contributed by atoms with Crippen molar-refractivity contribution in [2.75, 3.05) is 18.0 Å². The Bertz CT molecular complexity index is 514. The van der Waals surface area contributed by atoms with Crippen LogP contribution in [0.3, 0.4) is 0 Å². The third-order valence-electron chi connectivity index (χ3n) is 3.29. The molecular weight excluding hydrogens is 291 g/mol. The fourth-order valence-corrected chi connectivity index (χ4v) is 2.52. The lowest BCUT2D eigenvalue weighted by atomic mass is 9.98. The summed E-state index contributed by atoms with van der Waals surface area (Å²) in [4.78, 5) is 23.2. The number of hydrogen-bond acceptors (Lipinski definition) is 4. The van der Waals surface area contributed by atoms with Crippen LogP contribution in [-0.2, 0) is 4.79 Å². The molecule has 0 spiro atoms. The van der Waals surface area contributed by atoms with Crippen molar-refractivity contribution in [1.82, 2.24) is 0 Å². The number of nitro groups is 1. The zero-order chi connectivity index (χ0) is 14.0. The maximum absolute atomic E-state index is 11.1. The van der Waals surface area contributed by atoms with Crippen LogP contribution >= 0.6 is 23.2 Å². The van der Waals surface area contributed by atoms with Crippen LogP contribution in [0.15, 0.2) is 12.1 Å². The second-order valence-electron chi connectivity index (χ2n) is 4.47. The lowest BCUT2D eigenvalue weighted by molar-refractivity contribution is -0.384. The van der Waals surface area contributed by atoms with Crippen molar-refractivity contribution in [3.8, 4) is 0 Å². The minimum absolute atomic E-state index is 0.0399. The maximum atomic E-state index is 11.1. The summed E-state index contributed by atoms with van der Waals surface area (Å²) in [6.45, 7) is 1.20. The number of aldehydes is 1. The number of benzene rings is 1. The van der Waals surface area contributed by atoms with Gasteiger partial charge in [-0.1, -0.05) is 23.2 Å². The topological polar surface area (TPSA) is 63.5 Å². The normalized spacial score (nSPS) is 16.4. The molecule has 1 heterocycles. The lowest BCUT2D eigenvalue weighted by Crippen LogP contribution is -2.34. The third-order valence-corrected chi connectivity index (χ3v) is 4.01. The molecule has 1 aliphatic rings. The van der Waals surface area contributed by atoms with Crippen molar-refractivity contribution >= 4 is 40.9 Å². The molecule has 1 aliphatic heterocycles. The van der Waals surface area contributed by atoms with E-state index in [4.69, 9.17) is 23.2 Å². The highest BCUT2D eigenvalue weighted by Crippen LogP contribution is 2.37. The van der Waals surface area contributed by atoms with Crippen molar-refractivity contribution in [3.63, 3.8) is 0 Å². The Hall–Kier alpha value is -1.33. The van der Waals surface area contributed by atoms with Crippen LogP contribution in [0.25, 0.3) is 0 Å². The molecule has 7 heteroatoms. The minimum Gasteiger partial charge on any atom is -0.366 e. The molecule has 102 valence electrons. The van der Waals surface area contributed by atoms with Gasteiger partial charge in [0.05, 0.1) is 15.0 Å². The molecule has 0 radical (unpaired) electrons. The summed E-state index contributed by atoms with van der Waals surface area (Å²) in [7, 11) is 0. The third kappa shape index (κ3) is 2.98. The van der Waals surface area contributed by atoms with E-state index in [1.165, 1.54) is 12.1 Å². The Labute approximate surface area is 120 Å². The molecule has 0 aromatic heterocycles. The number of nitrogens with zero attached hydrogens (tertiary/aromatic N) is 2. The van der Waals surface area contributed by atoms with E-state index in [1.807, 2.05) is 4.90 Å².